The predicted octanol–water partition coefficient (Wildman–Crippen LogP) is 2.96. The Morgan fingerprint density at radius 3 is 3.00 bits per heavy atom. The highest BCUT2D eigenvalue weighted by Crippen LogP contribution is 2.20. The molecule has 1 unspecified atom stereocenters. The van der Waals surface area contributed by atoms with E-state index in [-0.39, 0.29) is 21.3 Å². The van der Waals surface area contributed by atoms with Crippen molar-refractivity contribution in [3.8, 4) is 0 Å². The first kappa shape index (κ1) is 15.4. The minimum atomic E-state index is -0.461. The summed E-state index contributed by atoms with van der Waals surface area (Å²) < 4.78 is 18.3. The monoisotopic (exact) mass is 337 g/mol. The zero-order chi connectivity index (χ0) is 13.5. The molecule has 1 aromatic rings. The molecule has 1 N–H and O–H groups in total. The second kappa shape index (κ2) is 7.71. The van der Waals surface area contributed by atoms with Crippen LogP contribution in [-0.4, -0.2) is 31.5 Å². The van der Waals surface area contributed by atoms with Gasteiger partial charge in [-0.15, -0.1) is 11.6 Å². The molecular formula is C12H14BrClFNO2. The topological polar surface area (TPSA) is 38.3 Å². The van der Waals surface area contributed by atoms with Crippen molar-refractivity contribution in [2.45, 2.75) is 11.8 Å². The van der Waals surface area contributed by atoms with Crippen LogP contribution in [0.15, 0.2) is 22.7 Å². The highest BCUT2D eigenvalue weighted by Gasteiger charge is 2.13. The maximum atomic E-state index is 13.2. The van der Waals surface area contributed by atoms with Crippen LogP contribution in [0, 0.1) is 5.82 Å². The zero-order valence-electron chi connectivity index (χ0n) is 9.88. The average Bonchev–Trinajstić information content (AvgIpc) is 2.33. The molecule has 100 valence electrons. The Balaban J connectivity index is 2.48. The number of hydrogen-bond acceptors (Lipinski definition) is 2. The van der Waals surface area contributed by atoms with E-state index in [0.717, 1.165) is 0 Å². The molecule has 1 rings (SSSR count). The molecule has 1 amide bonds. The fraction of sp³-hybridized carbons (Fsp3) is 0.417. The van der Waals surface area contributed by atoms with E-state index in [1.54, 1.807) is 13.2 Å². The molecule has 0 fully saturated rings. The Hall–Kier alpha value is -0.650. The summed E-state index contributed by atoms with van der Waals surface area (Å²) in [6.45, 7) is 0.848. The van der Waals surface area contributed by atoms with E-state index in [1.165, 1.54) is 12.1 Å². The van der Waals surface area contributed by atoms with Crippen molar-refractivity contribution in [2.75, 3.05) is 20.3 Å². The van der Waals surface area contributed by atoms with Crippen molar-refractivity contribution in [1.82, 2.24) is 5.32 Å². The van der Waals surface area contributed by atoms with Crippen molar-refractivity contribution in [3.05, 3.63) is 34.1 Å². The number of methoxy groups -OCH3 is 1. The van der Waals surface area contributed by atoms with Crippen molar-refractivity contribution >= 4 is 33.4 Å². The lowest BCUT2D eigenvalue weighted by Crippen LogP contribution is -2.27. The first-order chi connectivity index (χ1) is 8.56. The zero-order valence-corrected chi connectivity index (χ0v) is 12.2. The lowest BCUT2D eigenvalue weighted by molar-refractivity contribution is 0.0950. The van der Waals surface area contributed by atoms with Gasteiger partial charge in [-0.05, 0) is 34.5 Å². The number of amides is 1. The van der Waals surface area contributed by atoms with Gasteiger partial charge in [0.2, 0.25) is 0 Å². The number of alkyl halides is 1. The average molecular weight is 339 g/mol. The Labute approximate surface area is 119 Å². The maximum Gasteiger partial charge on any atom is 0.252 e. The summed E-state index contributed by atoms with van der Waals surface area (Å²) in [4.78, 5) is 11.8. The summed E-state index contributed by atoms with van der Waals surface area (Å²) in [5, 5.41) is 2.53. The Morgan fingerprint density at radius 1 is 1.61 bits per heavy atom. The van der Waals surface area contributed by atoms with E-state index in [4.69, 9.17) is 16.3 Å². The first-order valence-corrected chi connectivity index (χ1v) is 6.64. The van der Waals surface area contributed by atoms with Crippen molar-refractivity contribution in [2.24, 2.45) is 0 Å². The lowest BCUT2D eigenvalue weighted by Gasteiger charge is -2.10. The Kier molecular flexibility index (Phi) is 6.60. The third kappa shape index (κ3) is 4.55. The molecule has 6 heteroatoms. The molecule has 0 bridgehead atoms. The standard InChI is InChI=1S/C12H14BrClFNO2/c1-18-7-8(14)5-6-16-12(17)9-3-2-4-10(15)11(9)13/h2-4,8H,5-7H2,1H3,(H,16,17). The molecule has 3 nitrogen and oxygen atoms in total. The molecule has 0 aliphatic carbocycles. The molecule has 0 aliphatic rings. The van der Waals surface area contributed by atoms with Gasteiger partial charge >= 0.3 is 0 Å². The quantitative estimate of drug-likeness (QED) is 0.810. The number of benzene rings is 1. The smallest absolute Gasteiger partial charge is 0.252 e. The molecule has 18 heavy (non-hydrogen) atoms. The van der Waals surface area contributed by atoms with Crippen LogP contribution >= 0.6 is 27.5 Å². The number of hydrogen-bond donors (Lipinski definition) is 1. The number of carbonyl (C=O) groups excluding carboxylic acids is 1. The minimum Gasteiger partial charge on any atom is -0.383 e. The molecule has 0 aliphatic heterocycles. The molecular weight excluding hydrogens is 324 g/mol. The maximum absolute atomic E-state index is 13.2. The second-order valence-corrected chi connectivity index (χ2v) is 5.11. The van der Waals surface area contributed by atoms with Gasteiger partial charge in [0.15, 0.2) is 0 Å². The van der Waals surface area contributed by atoms with Gasteiger partial charge in [0.05, 0.1) is 22.0 Å². The summed E-state index contributed by atoms with van der Waals surface area (Å²) >= 11 is 8.97. The molecule has 1 atom stereocenters. The number of carbonyl (C=O) groups is 1. The van der Waals surface area contributed by atoms with Crippen LogP contribution in [0.2, 0.25) is 0 Å². The van der Waals surface area contributed by atoms with Crippen LogP contribution in [0.5, 0.6) is 0 Å². The van der Waals surface area contributed by atoms with Crippen molar-refractivity contribution in [3.63, 3.8) is 0 Å². The van der Waals surface area contributed by atoms with E-state index in [1.807, 2.05) is 0 Å². The highest BCUT2D eigenvalue weighted by molar-refractivity contribution is 9.10. The van der Waals surface area contributed by atoms with Gasteiger partial charge in [-0.3, -0.25) is 4.79 Å². The lowest BCUT2D eigenvalue weighted by atomic mass is 10.2. The second-order valence-electron chi connectivity index (χ2n) is 3.70. The third-order valence-corrected chi connectivity index (χ3v) is 3.44. The molecule has 0 saturated heterocycles. The normalized spacial score (nSPS) is 12.2. The summed E-state index contributed by atoms with van der Waals surface area (Å²) in [5.74, 6) is -0.792. The van der Waals surface area contributed by atoms with E-state index in [0.29, 0.717) is 19.6 Å². The fourth-order valence-corrected chi connectivity index (χ4v) is 2.06. The van der Waals surface area contributed by atoms with E-state index in [9.17, 15) is 9.18 Å². The molecule has 0 spiro atoms. The number of halogens is 3. The van der Waals surface area contributed by atoms with Gasteiger partial charge in [0.25, 0.3) is 5.91 Å². The molecule has 0 saturated carbocycles. The van der Waals surface area contributed by atoms with Crippen LogP contribution in [0.3, 0.4) is 0 Å². The molecule has 0 aromatic heterocycles. The van der Waals surface area contributed by atoms with Crippen molar-refractivity contribution in [1.29, 1.82) is 0 Å². The van der Waals surface area contributed by atoms with Gasteiger partial charge in [-0.25, -0.2) is 4.39 Å². The SMILES string of the molecule is COCC(Cl)CCNC(=O)c1cccc(F)c1Br. The van der Waals surface area contributed by atoms with Gasteiger partial charge < -0.3 is 10.1 Å². The third-order valence-electron chi connectivity index (χ3n) is 2.29. The number of rotatable bonds is 6. The fourth-order valence-electron chi connectivity index (χ4n) is 1.38. The minimum absolute atomic E-state index is 0.147. The highest BCUT2D eigenvalue weighted by atomic mass is 79.9. The van der Waals surface area contributed by atoms with Crippen LogP contribution in [-0.2, 0) is 4.74 Å². The van der Waals surface area contributed by atoms with Crippen LogP contribution in [0.25, 0.3) is 0 Å². The summed E-state index contributed by atoms with van der Waals surface area (Å²) in [5.41, 5.74) is 0.271. The van der Waals surface area contributed by atoms with Gasteiger partial charge in [0, 0.05) is 13.7 Å². The van der Waals surface area contributed by atoms with Gasteiger partial charge in [-0.2, -0.15) is 0 Å². The Morgan fingerprint density at radius 2 is 2.33 bits per heavy atom. The number of ether oxygens (including phenoxy) is 1. The summed E-state index contributed by atoms with van der Waals surface area (Å²) in [6.07, 6.45) is 0.591. The van der Waals surface area contributed by atoms with E-state index < -0.39 is 5.82 Å². The van der Waals surface area contributed by atoms with Gasteiger partial charge in [0.1, 0.15) is 5.82 Å². The van der Waals surface area contributed by atoms with E-state index >= 15 is 0 Å². The summed E-state index contributed by atoms with van der Waals surface area (Å²) in [7, 11) is 1.57. The predicted molar refractivity (Wildman–Crippen MR) is 72.6 cm³/mol. The molecule has 1 aromatic carbocycles. The first-order valence-electron chi connectivity index (χ1n) is 5.41. The van der Waals surface area contributed by atoms with Crippen LogP contribution in [0.4, 0.5) is 4.39 Å². The van der Waals surface area contributed by atoms with E-state index in [2.05, 4.69) is 21.2 Å². The van der Waals surface area contributed by atoms with Crippen molar-refractivity contribution < 1.29 is 13.9 Å². The van der Waals surface area contributed by atoms with Crippen LogP contribution < -0.4 is 5.32 Å². The van der Waals surface area contributed by atoms with Crippen LogP contribution in [0.1, 0.15) is 16.8 Å². The van der Waals surface area contributed by atoms with Gasteiger partial charge in [-0.1, -0.05) is 6.07 Å². The largest absolute Gasteiger partial charge is 0.383 e. The Bertz CT molecular complexity index is 417. The summed E-state index contributed by atoms with van der Waals surface area (Å²) in [6, 6.07) is 4.33. The molecule has 0 radical (unpaired) electrons. The molecule has 0 heterocycles. The number of nitrogens with one attached hydrogen (secondary N) is 1.